The fourth-order valence-electron chi connectivity index (χ4n) is 1.47. The van der Waals surface area contributed by atoms with Crippen LogP contribution >= 0.6 is 11.8 Å². The molecule has 1 rings (SSSR count). The number of hydrogen-bond donors (Lipinski definition) is 2. The number of amides is 1. The van der Waals surface area contributed by atoms with Crippen molar-refractivity contribution in [3.8, 4) is 0 Å². The summed E-state index contributed by atoms with van der Waals surface area (Å²) in [6, 6.07) is 0.403. The van der Waals surface area contributed by atoms with Gasteiger partial charge in [0, 0.05) is 11.6 Å². The zero-order valence-electron chi connectivity index (χ0n) is 9.93. The Morgan fingerprint density at radius 2 is 1.93 bits per heavy atom. The molecule has 0 saturated carbocycles. The molecule has 0 spiro atoms. The van der Waals surface area contributed by atoms with Gasteiger partial charge in [-0.05, 0) is 45.1 Å². The van der Waals surface area contributed by atoms with Gasteiger partial charge in [-0.3, -0.25) is 4.79 Å². The maximum atomic E-state index is 11.6. The van der Waals surface area contributed by atoms with E-state index in [9.17, 15) is 4.79 Å². The second kappa shape index (κ2) is 5.75. The minimum absolute atomic E-state index is 0.0136. The quantitative estimate of drug-likeness (QED) is 0.770. The van der Waals surface area contributed by atoms with Gasteiger partial charge >= 0.3 is 0 Å². The number of hydrogen-bond acceptors (Lipinski definition) is 3. The lowest BCUT2D eigenvalue weighted by atomic mass is 10.1. The molecule has 3 nitrogen and oxygen atoms in total. The van der Waals surface area contributed by atoms with Gasteiger partial charge in [0.2, 0.25) is 5.91 Å². The highest BCUT2D eigenvalue weighted by Crippen LogP contribution is 2.16. The van der Waals surface area contributed by atoms with E-state index in [1.807, 2.05) is 11.8 Å². The SMILES string of the molecule is CC(C)(C)NCC(=O)NC1CCSCC1. The van der Waals surface area contributed by atoms with Crippen molar-refractivity contribution in [3.05, 3.63) is 0 Å². The molecule has 0 bridgehead atoms. The molecule has 1 heterocycles. The van der Waals surface area contributed by atoms with Gasteiger partial charge in [-0.15, -0.1) is 0 Å². The molecule has 1 fully saturated rings. The van der Waals surface area contributed by atoms with Crippen LogP contribution in [0.25, 0.3) is 0 Å². The molecule has 0 aromatic carbocycles. The highest BCUT2D eigenvalue weighted by molar-refractivity contribution is 7.99. The summed E-state index contributed by atoms with van der Waals surface area (Å²) < 4.78 is 0. The molecule has 1 amide bonds. The van der Waals surface area contributed by atoms with E-state index in [0.717, 1.165) is 12.8 Å². The molecule has 4 heteroatoms. The lowest BCUT2D eigenvalue weighted by molar-refractivity contribution is -0.121. The zero-order chi connectivity index (χ0) is 11.3. The lowest BCUT2D eigenvalue weighted by Crippen LogP contribution is -2.46. The van der Waals surface area contributed by atoms with E-state index in [0.29, 0.717) is 12.6 Å². The predicted octanol–water partition coefficient (Wildman–Crippen LogP) is 1.39. The van der Waals surface area contributed by atoms with Crippen LogP contribution in [0.2, 0.25) is 0 Å². The monoisotopic (exact) mass is 230 g/mol. The van der Waals surface area contributed by atoms with Crippen LogP contribution in [0, 0.1) is 0 Å². The van der Waals surface area contributed by atoms with Crippen molar-refractivity contribution in [1.29, 1.82) is 0 Å². The minimum Gasteiger partial charge on any atom is -0.352 e. The third-order valence-electron chi connectivity index (χ3n) is 2.37. The van der Waals surface area contributed by atoms with Crippen LogP contribution in [0.5, 0.6) is 0 Å². The summed E-state index contributed by atoms with van der Waals surface area (Å²) in [5.41, 5.74) is 0.0136. The second-order valence-corrected chi connectivity index (χ2v) is 6.28. The van der Waals surface area contributed by atoms with E-state index in [1.54, 1.807) is 0 Å². The maximum Gasteiger partial charge on any atom is 0.234 e. The Morgan fingerprint density at radius 1 is 1.33 bits per heavy atom. The molecule has 88 valence electrons. The first-order valence-corrected chi connectivity index (χ1v) is 6.75. The Labute approximate surface area is 96.8 Å². The molecule has 0 unspecified atom stereocenters. The van der Waals surface area contributed by atoms with Gasteiger partial charge in [0.05, 0.1) is 6.54 Å². The van der Waals surface area contributed by atoms with Gasteiger partial charge in [-0.25, -0.2) is 0 Å². The van der Waals surface area contributed by atoms with E-state index in [1.165, 1.54) is 11.5 Å². The molecule has 15 heavy (non-hydrogen) atoms. The molecule has 0 radical (unpaired) electrons. The van der Waals surface area contributed by atoms with Gasteiger partial charge in [-0.2, -0.15) is 11.8 Å². The molecule has 1 aliphatic heterocycles. The maximum absolute atomic E-state index is 11.6. The Bertz CT molecular complexity index is 207. The van der Waals surface area contributed by atoms with Crippen LogP contribution < -0.4 is 10.6 Å². The normalized spacial score (nSPS) is 18.9. The van der Waals surface area contributed by atoms with Crippen molar-refractivity contribution >= 4 is 17.7 Å². The Kier molecular flexibility index (Phi) is 4.93. The number of carbonyl (C=O) groups is 1. The highest BCUT2D eigenvalue weighted by Gasteiger charge is 2.17. The molecule has 0 aromatic rings. The van der Waals surface area contributed by atoms with Gasteiger partial charge in [0.1, 0.15) is 0 Å². The number of nitrogens with one attached hydrogen (secondary N) is 2. The third-order valence-corrected chi connectivity index (χ3v) is 3.41. The minimum atomic E-state index is 0.0136. The van der Waals surface area contributed by atoms with Crippen LogP contribution in [0.1, 0.15) is 33.6 Å². The average Bonchev–Trinajstić information content (AvgIpc) is 2.15. The summed E-state index contributed by atoms with van der Waals surface area (Å²) in [4.78, 5) is 11.6. The summed E-state index contributed by atoms with van der Waals surface area (Å²) in [5.74, 6) is 2.48. The summed E-state index contributed by atoms with van der Waals surface area (Å²) in [5, 5.41) is 6.27. The Hall–Kier alpha value is -0.220. The van der Waals surface area contributed by atoms with E-state index < -0.39 is 0 Å². The fourth-order valence-corrected chi connectivity index (χ4v) is 2.57. The zero-order valence-corrected chi connectivity index (χ0v) is 10.7. The highest BCUT2D eigenvalue weighted by atomic mass is 32.2. The van der Waals surface area contributed by atoms with Gasteiger partial charge in [0.15, 0.2) is 0 Å². The summed E-state index contributed by atoms with van der Waals surface area (Å²) in [7, 11) is 0. The number of thioether (sulfide) groups is 1. The largest absolute Gasteiger partial charge is 0.352 e. The van der Waals surface area contributed by atoms with E-state index in [2.05, 4.69) is 31.4 Å². The smallest absolute Gasteiger partial charge is 0.234 e. The van der Waals surface area contributed by atoms with E-state index >= 15 is 0 Å². The molecule has 2 N–H and O–H groups in total. The van der Waals surface area contributed by atoms with E-state index in [4.69, 9.17) is 0 Å². The van der Waals surface area contributed by atoms with Crippen molar-refractivity contribution in [3.63, 3.8) is 0 Å². The van der Waals surface area contributed by atoms with Gasteiger partial charge < -0.3 is 10.6 Å². The van der Waals surface area contributed by atoms with E-state index in [-0.39, 0.29) is 11.4 Å². The Morgan fingerprint density at radius 3 is 2.47 bits per heavy atom. The first kappa shape index (κ1) is 12.8. The van der Waals surface area contributed by atoms with Crippen molar-refractivity contribution < 1.29 is 4.79 Å². The Balaban J connectivity index is 2.17. The first-order chi connectivity index (χ1) is 6.97. The molecule has 1 saturated heterocycles. The van der Waals surface area contributed by atoms with Crippen LogP contribution in [-0.2, 0) is 4.79 Å². The van der Waals surface area contributed by atoms with Crippen molar-refractivity contribution in [2.24, 2.45) is 0 Å². The van der Waals surface area contributed by atoms with Crippen LogP contribution in [-0.4, -0.2) is 35.5 Å². The number of rotatable bonds is 3. The summed E-state index contributed by atoms with van der Waals surface area (Å²) in [6.07, 6.45) is 2.23. The van der Waals surface area contributed by atoms with Gasteiger partial charge in [-0.1, -0.05) is 0 Å². The molecular weight excluding hydrogens is 208 g/mol. The van der Waals surface area contributed by atoms with Crippen LogP contribution in [0.4, 0.5) is 0 Å². The molecule has 1 aliphatic rings. The lowest BCUT2D eigenvalue weighted by Gasteiger charge is -2.24. The third kappa shape index (κ3) is 6.05. The molecule has 0 aliphatic carbocycles. The molecule has 0 atom stereocenters. The number of carbonyl (C=O) groups excluding carboxylic acids is 1. The second-order valence-electron chi connectivity index (χ2n) is 5.06. The first-order valence-electron chi connectivity index (χ1n) is 5.59. The summed E-state index contributed by atoms with van der Waals surface area (Å²) >= 11 is 1.98. The van der Waals surface area contributed by atoms with Crippen molar-refractivity contribution in [2.45, 2.75) is 45.2 Å². The molecule has 0 aromatic heterocycles. The van der Waals surface area contributed by atoms with Crippen LogP contribution in [0.15, 0.2) is 0 Å². The standard InChI is InChI=1S/C11H22N2OS/c1-11(2,3)12-8-10(14)13-9-4-6-15-7-5-9/h9,12H,4-8H2,1-3H3,(H,13,14). The fraction of sp³-hybridized carbons (Fsp3) is 0.909. The van der Waals surface area contributed by atoms with Crippen molar-refractivity contribution in [2.75, 3.05) is 18.1 Å². The molecular formula is C11H22N2OS. The van der Waals surface area contributed by atoms with Crippen LogP contribution in [0.3, 0.4) is 0 Å². The topological polar surface area (TPSA) is 41.1 Å². The predicted molar refractivity (Wildman–Crippen MR) is 66.2 cm³/mol. The van der Waals surface area contributed by atoms with Gasteiger partial charge in [0.25, 0.3) is 0 Å². The average molecular weight is 230 g/mol. The summed E-state index contributed by atoms with van der Waals surface area (Å²) in [6.45, 7) is 6.62. The van der Waals surface area contributed by atoms with Crippen molar-refractivity contribution in [1.82, 2.24) is 10.6 Å².